The molecular weight excluding hydrogens is 421 g/mol. The molecule has 1 aromatic heterocycles. The van der Waals surface area contributed by atoms with Crippen LogP contribution in [-0.4, -0.2) is 25.7 Å². The second-order valence-corrected chi connectivity index (χ2v) is 8.04. The first kappa shape index (κ1) is 20.2. The highest BCUT2D eigenvalue weighted by Crippen LogP contribution is 2.32. The Morgan fingerprint density at radius 3 is 2.57 bits per heavy atom. The Morgan fingerprint density at radius 2 is 1.93 bits per heavy atom. The van der Waals surface area contributed by atoms with Gasteiger partial charge in [0.2, 0.25) is 11.7 Å². The van der Waals surface area contributed by atoms with E-state index < -0.39 is 27.3 Å². The summed E-state index contributed by atoms with van der Waals surface area (Å²) in [4.78, 5) is 3.80. The van der Waals surface area contributed by atoms with Crippen LogP contribution in [0.3, 0.4) is 0 Å². The van der Waals surface area contributed by atoms with E-state index in [-0.39, 0.29) is 27.2 Å². The third kappa shape index (κ3) is 4.28. The van der Waals surface area contributed by atoms with E-state index in [0.717, 1.165) is 12.1 Å². The molecule has 0 bridgehead atoms. The van der Waals surface area contributed by atoms with Crippen LogP contribution in [0, 0.1) is 0 Å². The van der Waals surface area contributed by atoms with Gasteiger partial charge in [-0.1, -0.05) is 28.9 Å². The number of alkyl halides is 3. The van der Waals surface area contributed by atoms with Crippen LogP contribution in [0.1, 0.15) is 11.5 Å². The third-order valence-corrected chi connectivity index (χ3v) is 5.61. The maximum absolute atomic E-state index is 12.8. The van der Waals surface area contributed by atoms with E-state index in [4.69, 9.17) is 20.9 Å². The van der Waals surface area contributed by atoms with Crippen molar-refractivity contribution in [2.75, 3.05) is 7.11 Å². The highest BCUT2D eigenvalue weighted by atomic mass is 35.5. The number of nitrogens with zero attached hydrogens (tertiary/aromatic N) is 2. The third-order valence-electron chi connectivity index (χ3n) is 3.71. The molecule has 0 fully saturated rings. The maximum Gasteiger partial charge on any atom is 0.416 e. The molecule has 0 spiro atoms. The molecule has 0 aliphatic rings. The standard InChI is InChI=1S/C17H12ClF3N2O4S/c1-26-14-6-5-12(8-13(14)18)28(24,25)9-15-22-16(23-27-15)10-3-2-4-11(7-10)17(19,20)21/h2-8H,9H2,1H3. The second-order valence-electron chi connectivity index (χ2n) is 5.65. The zero-order valence-electron chi connectivity index (χ0n) is 14.2. The van der Waals surface area contributed by atoms with Crippen LogP contribution < -0.4 is 4.74 Å². The molecule has 0 aliphatic carbocycles. The lowest BCUT2D eigenvalue weighted by atomic mass is 10.1. The minimum Gasteiger partial charge on any atom is -0.495 e. The van der Waals surface area contributed by atoms with Gasteiger partial charge < -0.3 is 9.26 Å². The van der Waals surface area contributed by atoms with Crippen molar-refractivity contribution < 1.29 is 30.8 Å². The molecule has 0 unspecified atom stereocenters. The molecule has 148 valence electrons. The lowest BCUT2D eigenvalue weighted by Gasteiger charge is -2.06. The molecule has 0 radical (unpaired) electrons. The summed E-state index contributed by atoms with van der Waals surface area (Å²) in [6.45, 7) is 0. The lowest BCUT2D eigenvalue weighted by Crippen LogP contribution is -2.06. The van der Waals surface area contributed by atoms with Gasteiger partial charge >= 0.3 is 6.18 Å². The Morgan fingerprint density at radius 1 is 1.18 bits per heavy atom. The lowest BCUT2D eigenvalue weighted by molar-refractivity contribution is -0.137. The normalized spacial score (nSPS) is 12.2. The molecule has 0 saturated carbocycles. The van der Waals surface area contributed by atoms with Crippen molar-refractivity contribution in [1.29, 1.82) is 0 Å². The number of benzene rings is 2. The van der Waals surface area contributed by atoms with Crippen molar-refractivity contribution in [3.63, 3.8) is 0 Å². The minimum atomic E-state index is -4.53. The SMILES string of the molecule is COc1ccc(S(=O)(=O)Cc2nc(-c3cccc(C(F)(F)F)c3)no2)cc1Cl. The number of methoxy groups -OCH3 is 1. The van der Waals surface area contributed by atoms with Crippen LogP contribution in [0.2, 0.25) is 5.02 Å². The van der Waals surface area contributed by atoms with Crippen molar-refractivity contribution >= 4 is 21.4 Å². The fourth-order valence-electron chi connectivity index (χ4n) is 2.35. The number of hydrogen-bond acceptors (Lipinski definition) is 6. The fraction of sp³-hybridized carbons (Fsp3) is 0.176. The van der Waals surface area contributed by atoms with Gasteiger partial charge in [-0.3, -0.25) is 0 Å². The number of aromatic nitrogens is 2. The van der Waals surface area contributed by atoms with Crippen molar-refractivity contribution in [2.45, 2.75) is 16.8 Å². The van der Waals surface area contributed by atoms with Crippen LogP contribution >= 0.6 is 11.6 Å². The number of hydrogen-bond donors (Lipinski definition) is 0. The second kappa shape index (κ2) is 7.44. The van der Waals surface area contributed by atoms with Gasteiger partial charge in [0.05, 0.1) is 22.6 Å². The molecule has 3 aromatic rings. The van der Waals surface area contributed by atoms with E-state index in [9.17, 15) is 21.6 Å². The number of ether oxygens (including phenoxy) is 1. The maximum atomic E-state index is 12.8. The first-order valence-electron chi connectivity index (χ1n) is 7.66. The van der Waals surface area contributed by atoms with E-state index in [2.05, 4.69) is 10.1 Å². The van der Waals surface area contributed by atoms with Gasteiger partial charge in [-0.05, 0) is 30.3 Å². The molecule has 6 nitrogen and oxygen atoms in total. The number of rotatable bonds is 5. The molecule has 28 heavy (non-hydrogen) atoms. The number of halogens is 4. The summed E-state index contributed by atoms with van der Waals surface area (Å²) in [5.74, 6) is -0.740. The largest absolute Gasteiger partial charge is 0.495 e. The quantitative estimate of drug-likeness (QED) is 0.594. The van der Waals surface area contributed by atoms with Crippen LogP contribution in [0.4, 0.5) is 13.2 Å². The van der Waals surface area contributed by atoms with E-state index in [1.807, 2.05) is 0 Å². The molecule has 0 aliphatic heterocycles. The fourth-order valence-corrected chi connectivity index (χ4v) is 3.86. The Kier molecular flexibility index (Phi) is 5.35. The zero-order chi connectivity index (χ0) is 20.5. The average Bonchev–Trinajstić information content (AvgIpc) is 3.09. The molecule has 2 aromatic carbocycles. The van der Waals surface area contributed by atoms with Crippen LogP contribution in [0.5, 0.6) is 5.75 Å². The van der Waals surface area contributed by atoms with E-state index >= 15 is 0 Å². The smallest absolute Gasteiger partial charge is 0.416 e. The Balaban J connectivity index is 1.86. The van der Waals surface area contributed by atoms with Crippen LogP contribution in [-0.2, 0) is 21.8 Å². The van der Waals surface area contributed by atoms with Crippen molar-refractivity contribution in [1.82, 2.24) is 10.1 Å². The van der Waals surface area contributed by atoms with Crippen LogP contribution in [0.25, 0.3) is 11.4 Å². The van der Waals surface area contributed by atoms with Gasteiger partial charge in [-0.25, -0.2) is 8.42 Å². The van der Waals surface area contributed by atoms with E-state index in [1.165, 1.54) is 37.4 Å². The summed E-state index contributed by atoms with van der Waals surface area (Å²) >= 11 is 5.94. The Bertz CT molecular complexity index is 1110. The molecule has 1 heterocycles. The van der Waals surface area contributed by atoms with Gasteiger partial charge in [0, 0.05) is 5.56 Å². The Hall–Kier alpha value is -2.59. The molecule has 0 atom stereocenters. The summed E-state index contributed by atoms with van der Waals surface area (Å²) in [6, 6.07) is 8.25. The molecular formula is C17H12ClF3N2O4S. The molecule has 3 rings (SSSR count). The van der Waals surface area contributed by atoms with Gasteiger partial charge in [-0.15, -0.1) is 0 Å². The van der Waals surface area contributed by atoms with Gasteiger partial charge in [-0.2, -0.15) is 18.2 Å². The summed E-state index contributed by atoms with van der Waals surface area (Å²) < 4.78 is 73.4. The first-order chi connectivity index (χ1) is 13.1. The highest BCUT2D eigenvalue weighted by molar-refractivity contribution is 7.90. The van der Waals surface area contributed by atoms with Crippen LogP contribution in [0.15, 0.2) is 51.9 Å². The first-order valence-corrected chi connectivity index (χ1v) is 9.70. The molecule has 0 N–H and O–H groups in total. The van der Waals surface area contributed by atoms with E-state index in [0.29, 0.717) is 5.75 Å². The van der Waals surface area contributed by atoms with Gasteiger partial charge in [0.15, 0.2) is 9.84 Å². The van der Waals surface area contributed by atoms with Crippen molar-refractivity contribution in [3.8, 4) is 17.1 Å². The minimum absolute atomic E-state index is 0.0507. The average molecular weight is 433 g/mol. The number of sulfone groups is 1. The molecule has 0 amide bonds. The van der Waals surface area contributed by atoms with Gasteiger partial charge in [0.25, 0.3) is 0 Å². The van der Waals surface area contributed by atoms with E-state index in [1.54, 1.807) is 0 Å². The van der Waals surface area contributed by atoms with Crippen molar-refractivity contribution in [2.24, 2.45) is 0 Å². The summed E-state index contributed by atoms with van der Waals surface area (Å²) in [5, 5.41) is 3.68. The molecule has 0 saturated heterocycles. The topological polar surface area (TPSA) is 82.3 Å². The summed E-state index contributed by atoms with van der Waals surface area (Å²) in [6.07, 6.45) is -4.53. The summed E-state index contributed by atoms with van der Waals surface area (Å²) in [7, 11) is -2.49. The highest BCUT2D eigenvalue weighted by Gasteiger charge is 2.31. The zero-order valence-corrected chi connectivity index (χ0v) is 15.8. The summed E-state index contributed by atoms with van der Waals surface area (Å²) in [5.41, 5.74) is -0.827. The Labute approximate surface area is 162 Å². The monoisotopic (exact) mass is 432 g/mol. The molecule has 11 heteroatoms. The van der Waals surface area contributed by atoms with Crippen molar-refractivity contribution in [3.05, 3.63) is 58.9 Å². The predicted molar refractivity (Wildman–Crippen MR) is 93.6 cm³/mol. The predicted octanol–water partition coefficient (Wildman–Crippen LogP) is 4.39. The van der Waals surface area contributed by atoms with Gasteiger partial charge in [0.1, 0.15) is 11.5 Å².